The molecule has 0 aliphatic heterocycles. The molecule has 3 atom stereocenters. The summed E-state index contributed by atoms with van der Waals surface area (Å²) in [6.45, 7) is 8.28. The molecule has 0 bridgehead atoms. The Morgan fingerprint density at radius 1 is 0.895 bits per heavy atom. The molecule has 7 heteroatoms. The van der Waals surface area contributed by atoms with E-state index in [1.807, 2.05) is 13.8 Å². The van der Waals surface area contributed by atoms with E-state index >= 15 is 0 Å². The van der Waals surface area contributed by atoms with E-state index in [0.29, 0.717) is 0 Å². The zero-order valence-corrected chi connectivity index (χ0v) is 15.0. The van der Waals surface area contributed by atoms with Gasteiger partial charge in [-0.1, -0.05) is 27.7 Å². The van der Waals surface area contributed by atoms with Gasteiger partial charge in [-0.3, -0.25) is 0 Å². The van der Waals surface area contributed by atoms with Gasteiger partial charge in [0.15, 0.2) is 0 Å². The van der Waals surface area contributed by atoms with E-state index in [9.17, 15) is 0 Å². The Labute approximate surface area is 133 Å². The maximum Gasteiger partial charge on any atom is 0.641 e. The fourth-order valence-electron chi connectivity index (χ4n) is 1.17. The molecule has 0 amide bonds. The topological polar surface area (TPSA) is 27.7 Å². The van der Waals surface area contributed by atoms with E-state index in [2.05, 4.69) is 39.1 Å². The molecule has 0 aromatic rings. The van der Waals surface area contributed by atoms with Gasteiger partial charge in [0.25, 0.3) is 0 Å². The van der Waals surface area contributed by atoms with Crippen LogP contribution in [0.3, 0.4) is 0 Å². The average molecular weight is 326 g/mol. The van der Waals surface area contributed by atoms with Gasteiger partial charge in [-0.25, -0.2) is 0 Å². The maximum absolute atomic E-state index is 5.87. The number of thiol groups is 2. The van der Waals surface area contributed by atoms with Gasteiger partial charge in [-0.2, -0.15) is 0 Å². The Morgan fingerprint density at radius 3 is 1.79 bits per heavy atom. The summed E-state index contributed by atoms with van der Waals surface area (Å²) in [5, 5.41) is 0. The second-order valence-corrected chi connectivity index (χ2v) is 6.55. The molecule has 0 aliphatic carbocycles. The van der Waals surface area contributed by atoms with Gasteiger partial charge in [0.2, 0.25) is 0 Å². The molecular formula is C12H27BO3S3. The maximum atomic E-state index is 5.87. The summed E-state index contributed by atoms with van der Waals surface area (Å²) in [6.07, 6.45) is 3.65. The van der Waals surface area contributed by atoms with Crippen molar-refractivity contribution in [2.75, 3.05) is 5.75 Å². The Kier molecular flexibility index (Phi) is 13.4. The summed E-state index contributed by atoms with van der Waals surface area (Å²) >= 11 is 10.4. The van der Waals surface area contributed by atoms with Crippen LogP contribution in [0.4, 0.5) is 0 Å². The third kappa shape index (κ3) is 10.4. The van der Waals surface area contributed by atoms with Crippen LogP contribution in [0.15, 0.2) is 0 Å². The van der Waals surface area contributed by atoms with Crippen molar-refractivity contribution in [2.24, 2.45) is 0 Å². The highest BCUT2D eigenvalue weighted by molar-refractivity contribution is 7.99. The number of hydrogen-bond acceptors (Lipinski definition) is 6. The third-order valence-corrected chi connectivity index (χ3v) is 4.77. The third-order valence-electron chi connectivity index (χ3n) is 2.34. The van der Waals surface area contributed by atoms with Crippen LogP contribution in [0.1, 0.15) is 53.4 Å². The SMILES string of the molecule is CCCSC(CC)OB(OC(S)CC)OC(S)CC. The van der Waals surface area contributed by atoms with Crippen LogP contribution >= 0.6 is 37.0 Å². The van der Waals surface area contributed by atoms with Crippen molar-refractivity contribution in [3.8, 4) is 0 Å². The van der Waals surface area contributed by atoms with Crippen molar-refractivity contribution in [3.05, 3.63) is 0 Å². The van der Waals surface area contributed by atoms with Crippen molar-refractivity contribution in [1.82, 2.24) is 0 Å². The predicted molar refractivity (Wildman–Crippen MR) is 92.0 cm³/mol. The minimum atomic E-state index is -0.695. The standard InChI is InChI=1S/C12H27BO3S3/c1-5-9-19-12(8-4)16-13(14-10(17)6-2)15-11(18)7-3/h10-12,17-18H,5-9H2,1-4H3. The van der Waals surface area contributed by atoms with Crippen molar-refractivity contribution < 1.29 is 14.0 Å². The largest absolute Gasteiger partial charge is 0.641 e. The lowest BCUT2D eigenvalue weighted by atomic mass is 10.2. The lowest BCUT2D eigenvalue weighted by molar-refractivity contribution is 0.0676. The summed E-state index contributed by atoms with van der Waals surface area (Å²) in [6, 6.07) is 0. The predicted octanol–water partition coefficient (Wildman–Crippen LogP) is 4.23. The number of thioether (sulfide) groups is 1. The Bertz CT molecular complexity index is 201. The van der Waals surface area contributed by atoms with Crippen molar-refractivity contribution >= 4 is 44.3 Å². The first-order chi connectivity index (χ1) is 9.07. The summed E-state index contributed by atoms with van der Waals surface area (Å²) in [5.41, 5.74) is -0.285. The molecule has 19 heavy (non-hydrogen) atoms. The summed E-state index contributed by atoms with van der Waals surface area (Å²) in [7, 11) is -0.695. The molecule has 0 heterocycles. The average Bonchev–Trinajstić information content (AvgIpc) is 2.42. The quantitative estimate of drug-likeness (QED) is 0.319. The van der Waals surface area contributed by atoms with E-state index in [4.69, 9.17) is 14.0 Å². The molecule has 0 saturated carbocycles. The molecule has 114 valence electrons. The minimum absolute atomic E-state index is 0.0831. The molecule has 0 aromatic carbocycles. The summed E-state index contributed by atoms with van der Waals surface area (Å²) < 4.78 is 17.2. The lowest BCUT2D eigenvalue weighted by Gasteiger charge is -2.24. The van der Waals surface area contributed by atoms with Crippen LogP contribution < -0.4 is 0 Å². The Balaban J connectivity index is 4.35. The van der Waals surface area contributed by atoms with Crippen LogP contribution in [0.5, 0.6) is 0 Å². The van der Waals surface area contributed by atoms with Gasteiger partial charge in [0.1, 0.15) is 0 Å². The normalized spacial score (nSPS) is 16.1. The van der Waals surface area contributed by atoms with Gasteiger partial charge in [-0.05, 0) is 31.4 Å². The molecule has 0 aliphatic rings. The molecule has 0 fully saturated rings. The molecule has 0 aromatic heterocycles. The summed E-state index contributed by atoms with van der Waals surface area (Å²) in [4.78, 5) is 0. The van der Waals surface area contributed by atoms with E-state index in [0.717, 1.165) is 31.4 Å². The lowest BCUT2D eigenvalue weighted by Crippen LogP contribution is -2.35. The molecule has 3 unspecified atom stereocenters. The van der Waals surface area contributed by atoms with Crippen LogP contribution in [0.2, 0.25) is 0 Å². The minimum Gasteiger partial charge on any atom is -0.374 e. The van der Waals surface area contributed by atoms with E-state index in [-0.39, 0.29) is 16.3 Å². The first kappa shape index (κ1) is 20.0. The van der Waals surface area contributed by atoms with Crippen LogP contribution in [0.25, 0.3) is 0 Å². The highest BCUT2D eigenvalue weighted by Crippen LogP contribution is 2.21. The molecule has 0 saturated heterocycles. The zero-order valence-electron chi connectivity index (χ0n) is 12.4. The molecular weight excluding hydrogens is 299 g/mol. The first-order valence-corrected chi connectivity index (χ1v) is 9.09. The molecule has 0 spiro atoms. The molecule has 0 rings (SSSR count). The molecule has 3 nitrogen and oxygen atoms in total. The Morgan fingerprint density at radius 2 is 1.42 bits per heavy atom. The first-order valence-electron chi connectivity index (χ1n) is 7.01. The number of rotatable bonds is 12. The summed E-state index contributed by atoms with van der Waals surface area (Å²) in [5.74, 6) is 1.07. The van der Waals surface area contributed by atoms with Gasteiger partial charge >= 0.3 is 7.32 Å². The van der Waals surface area contributed by atoms with Gasteiger partial charge < -0.3 is 14.0 Å². The monoisotopic (exact) mass is 326 g/mol. The molecule has 0 radical (unpaired) electrons. The second kappa shape index (κ2) is 12.7. The van der Waals surface area contributed by atoms with Crippen LogP contribution in [-0.2, 0) is 14.0 Å². The highest BCUT2D eigenvalue weighted by atomic mass is 32.2. The smallest absolute Gasteiger partial charge is 0.374 e. The van der Waals surface area contributed by atoms with E-state index < -0.39 is 7.32 Å². The van der Waals surface area contributed by atoms with Crippen molar-refractivity contribution in [1.29, 1.82) is 0 Å². The van der Waals surface area contributed by atoms with E-state index in [1.54, 1.807) is 11.8 Å². The van der Waals surface area contributed by atoms with Crippen LogP contribution in [0, 0.1) is 0 Å². The number of hydrogen-bond donors (Lipinski definition) is 2. The Hall–Kier alpha value is 0.995. The highest BCUT2D eigenvalue weighted by Gasteiger charge is 2.29. The van der Waals surface area contributed by atoms with Crippen molar-refractivity contribution in [2.45, 2.75) is 69.7 Å². The zero-order chi connectivity index (χ0) is 14.7. The fourth-order valence-corrected chi connectivity index (χ4v) is 2.27. The van der Waals surface area contributed by atoms with Crippen molar-refractivity contribution in [3.63, 3.8) is 0 Å². The van der Waals surface area contributed by atoms with Gasteiger partial charge in [-0.15, -0.1) is 37.0 Å². The second-order valence-electron chi connectivity index (χ2n) is 4.13. The van der Waals surface area contributed by atoms with Gasteiger partial charge in [0.05, 0.1) is 16.3 Å². The van der Waals surface area contributed by atoms with Gasteiger partial charge in [0, 0.05) is 0 Å². The van der Waals surface area contributed by atoms with E-state index in [1.165, 1.54) is 0 Å². The molecule has 0 N–H and O–H groups in total. The van der Waals surface area contributed by atoms with Crippen LogP contribution in [-0.4, -0.2) is 29.4 Å². The fraction of sp³-hybridized carbons (Fsp3) is 1.00.